The lowest BCUT2D eigenvalue weighted by Gasteiger charge is -2.27. The summed E-state index contributed by atoms with van der Waals surface area (Å²) in [7, 11) is 0. The molecule has 3 rings (SSSR count). The highest BCUT2D eigenvalue weighted by atomic mass is 16.5. The van der Waals surface area contributed by atoms with Crippen LogP contribution in [0, 0.1) is 11.3 Å². The predicted molar refractivity (Wildman–Crippen MR) is 99.6 cm³/mol. The molecule has 6 heteroatoms. The van der Waals surface area contributed by atoms with Crippen molar-refractivity contribution in [2.24, 2.45) is 0 Å². The lowest BCUT2D eigenvalue weighted by molar-refractivity contribution is 0.0341. The minimum absolute atomic E-state index is 0.268. The molecule has 0 radical (unpaired) electrons. The first-order valence-corrected chi connectivity index (χ1v) is 8.66. The van der Waals surface area contributed by atoms with E-state index in [2.05, 4.69) is 27.7 Å². The van der Waals surface area contributed by atoms with Crippen LogP contribution in [0.2, 0.25) is 0 Å². The summed E-state index contributed by atoms with van der Waals surface area (Å²) in [6.07, 6.45) is 0. The predicted octanol–water partition coefficient (Wildman–Crippen LogP) is 2.71. The van der Waals surface area contributed by atoms with Crippen LogP contribution >= 0.6 is 0 Å². The Morgan fingerprint density at radius 2 is 1.77 bits per heavy atom. The molecule has 1 aliphatic rings. The van der Waals surface area contributed by atoms with Gasteiger partial charge in [-0.3, -0.25) is 4.90 Å². The molecule has 0 unspecified atom stereocenters. The number of hydrogen-bond acceptors (Lipinski definition) is 4. The van der Waals surface area contributed by atoms with E-state index < -0.39 is 0 Å². The van der Waals surface area contributed by atoms with Crippen LogP contribution in [-0.2, 0) is 17.8 Å². The number of amides is 2. The van der Waals surface area contributed by atoms with Crippen LogP contribution in [0.5, 0.6) is 0 Å². The molecule has 1 fully saturated rings. The van der Waals surface area contributed by atoms with Gasteiger partial charge in [-0.25, -0.2) is 4.79 Å². The Morgan fingerprint density at radius 1 is 1.08 bits per heavy atom. The second kappa shape index (κ2) is 8.99. The molecule has 0 saturated carbocycles. The fourth-order valence-electron chi connectivity index (χ4n) is 2.86. The van der Waals surface area contributed by atoms with Gasteiger partial charge in [0.05, 0.1) is 24.8 Å². The molecule has 0 aromatic heterocycles. The number of nitrogens with zero attached hydrogens (tertiary/aromatic N) is 2. The highest BCUT2D eigenvalue weighted by molar-refractivity contribution is 5.89. The minimum Gasteiger partial charge on any atom is -0.379 e. The summed E-state index contributed by atoms with van der Waals surface area (Å²) in [5.74, 6) is 0. The molecule has 1 saturated heterocycles. The van der Waals surface area contributed by atoms with Crippen LogP contribution in [0.3, 0.4) is 0 Å². The Balaban J connectivity index is 1.55. The molecule has 0 atom stereocenters. The number of carbonyl (C=O) groups excluding carboxylic acids is 1. The van der Waals surface area contributed by atoms with E-state index >= 15 is 0 Å². The molecule has 2 aromatic carbocycles. The first kappa shape index (κ1) is 17.9. The fraction of sp³-hybridized carbons (Fsp3) is 0.300. The average molecular weight is 350 g/mol. The third-order valence-electron chi connectivity index (χ3n) is 4.33. The summed E-state index contributed by atoms with van der Waals surface area (Å²) < 4.78 is 5.39. The number of carbonyl (C=O) groups is 1. The van der Waals surface area contributed by atoms with E-state index in [1.165, 1.54) is 5.56 Å². The zero-order valence-electron chi connectivity index (χ0n) is 14.6. The Bertz CT molecular complexity index is 777. The molecule has 1 heterocycles. The monoisotopic (exact) mass is 350 g/mol. The van der Waals surface area contributed by atoms with Crippen molar-refractivity contribution in [2.75, 3.05) is 31.6 Å². The topological polar surface area (TPSA) is 77.4 Å². The molecule has 1 aliphatic heterocycles. The van der Waals surface area contributed by atoms with Crippen molar-refractivity contribution >= 4 is 11.7 Å². The van der Waals surface area contributed by atoms with E-state index in [0.717, 1.165) is 38.4 Å². The van der Waals surface area contributed by atoms with E-state index in [4.69, 9.17) is 10.00 Å². The number of nitriles is 1. The van der Waals surface area contributed by atoms with Gasteiger partial charge in [-0.05, 0) is 35.4 Å². The summed E-state index contributed by atoms with van der Waals surface area (Å²) in [4.78, 5) is 14.5. The van der Waals surface area contributed by atoms with E-state index in [0.29, 0.717) is 17.8 Å². The van der Waals surface area contributed by atoms with Gasteiger partial charge in [0.1, 0.15) is 0 Å². The molecule has 0 aliphatic carbocycles. The molecule has 2 amide bonds. The van der Waals surface area contributed by atoms with Crippen molar-refractivity contribution in [3.8, 4) is 6.07 Å². The van der Waals surface area contributed by atoms with Crippen LogP contribution in [0.15, 0.2) is 48.5 Å². The van der Waals surface area contributed by atoms with Crippen LogP contribution in [0.25, 0.3) is 0 Å². The minimum atomic E-state index is -0.268. The SMILES string of the molecule is N#Cc1ccc(NC(=O)NCc2ccccc2CN2CCOCC2)cc1. The van der Waals surface area contributed by atoms with Crippen molar-refractivity contribution in [1.82, 2.24) is 10.2 Å². The van der Waals surface area contributed by atoms with E-state index in [1.54, 1.807) is 24.3 Å². The van der Waals surface area contributed by atoms with Crippen LogP contribution in [0.1, 0.15) is 16.7 Å². The van der Waals surface area contributed by atoms with Gasteiger partial charge in [0.2, 0.25) is 0 Å². The number of nitrogens with one attached hydrogen (secondary N) is 2. The summed E-state index contributed by atoms with van der Waals surface area (Å²) in [5.41, 5.74) is 3.54. The van der Waals surface area contributed by atoms with Crippen LogP contribution < -0.4 is 10.6 Å². The third kappa shape index (κ3) is 5.06. The summed E-state index contributed by atoms with van der Waals surface area (Å²) in [6.45, 7) is 4.73. The van der Waals surface area contributed by atoms with Gasteiger partial charge < -0.3 is 15.4 Å². The maximum absolute atomic E-state index is 12.1. The Kier molecular flexibility index (Phi) is 6.20. The molecule has 2 aromatic rings. The molecule has 0 spiro atoms. The Labute approximate surface area is 153 Å². The number of benzene rings is 2. The summed E-state index contributed by atoms with van der Waals surface area (Å²) >= 11 is 0. The number of ether oxygens (including phenoxy) is 1. The van der Waals surface area contributed by atoms with E-state index in [-0.39, 0.29) is 6.03 Å². The number of urea groups is 1. The van der Waals surface area contributed by atoms with Crippen molar-refractivity contribution in [3.05, 3.63) is 65.2 Å². The lowest BCUT2D eigenvalue weighted by atomic mass is 10.1. The second-order valence-electron chi connectivity index (χ2n) is 6.15. The molecule has 0 bridgehead atoms. The smallest absolute Gasteiger partial charge is 0.319 e. The quantitative estimate of drug-likeness (QED) is 0.869. The zero-order chi connectivity index (χ0) is 18.2. The first-order chi connectivity index (χ1) is 12.7. The zero-order valence-corrected chi connectivity index (χ0v) is 14.6. The molecule has 26 heavy (non-hydrogen) atoms. The van der Waals surface area contributed by atoms with Crippen molar-refractivity contribution in [3.63, 3.8) is 0 Å². The van der Waals surface area contributed by atoms with Crippen molar-refractivity contribution in [1.29, 1.82) is 5.26 Å². The van der Waals surface area contributed by atoms with Crippen LogP contribution in [-0.4, -0.2) is 37.2 Å². The highest BCUT2D eigenvalue weighted by Crippen LogP contribution is 2.13. The van der Waals surface area contributed by atoms with Gasteiger partial charge >= 0.3 is 6.03 Å². The second-order valence-corrected chi connectivity index (χ2v) is 6.15. The van der Waals surface area contributed by atoms with E-state index in [1.807, 2.05) is 18.2 Å². The maximum atomic E-state index is 12.1. The largest absolute Gasteiger partial charge is 0.379 e. The van der Waals surface area contributed by atoms with Gasteiger partial charge in [0.25, 0.3) is 0 Å². The maximum Gasteiger partial charge on any atom is 0.319 e. The summed E-state index contributed by atoms with van der Waals surface area (Å²) in [5, 5.41) is 14.5. The van der Waals surface area contributed by atoms with Crippen molar-refractivity contribution < 1.29 is 9.53 Å². The molecule has 6 nitrogen and oxygen atoms in total. The molecule has 134 valence electrons. The lowest BCUT2D eigenvalue weighted by Crippen LogP contribution is -2.36. The standard InChI is InChI=1S/C20H22N4O2/c21-13-16-5-7-19(8-6-16)23-20(25)22-14-17-3-1-2-4-18(17)15-24-9-11-26-12-10-24/h1-8H,9-12,14-15H2,(H2,22,23,25). The molecular formula is C20H22N4O2. The van der Waals surface area contributed by atoms with Gasteiger partial charge in [0.15, 0.2) is 0 Å². The average Bonchev–Trinajstić information content (AvgIpc) is 2.69. The molecular weight excluding hydrogens is 328 g/mol. The van der Waals surface area contributed by atoms with Crippen molar-refractivity contribution in [2.45, 2.75) is 13.1 Å². The van der Waals surface area contributed by atoms with E-state index in [9.17, 15) is 4.79 Å². The normalized spacial score (nSPS) is 14.4. The van der Waals surface area contributed by atoms with Gasteiger partial charge in [-0.1, -0.05) is 24.3 Å². The van der Waals surface area contributed by atoms with Crippen LogP contribution in [0.4, 0.5) is 10.5 Å². The number of anilines is 1. The fourth-order valence-corrected chi connectivity index (χ4v) is 2.86. The van der Waals surface area contributed by atoms with Gasteiger partial charge in [0, 0.05) is 31.9 Å². The number of rotatable bonds is 5. The third-order valence-corrected chi connectivity index (χ3v) is 4.33. The molecule has 2 N–H and O–H groups in total. The Hall–Kier alpha value is -2.88. The number of morpholine rings is 1. The summed E-state index contributed by atoms with van der Waals surface area (Å²) in [6, 6.07) is 16.7. The van der Waals surface area contributed by atoms with Gasteiger partial charge in [-0.15, -0.1) is 0 Å². The van der Waals surface area contributed by atoms with Gasteiger partial charge in [-0.2, -0.15) is 5.26 Å². The number of hydrogen-bond donors (Lipinski definition) is 2. The first-order valence-electron chi connectivity index (χ1n) is 8.66. The highest BCUT2D eigenvalue weighted by Gasteiger charge is 2.13. The Morgan fingerprint density at radius 3 is 2.46 bits per heavy atom.